The molecule has 6 nitrogen and oxygen atoms in total. The highest BCUT2D eigenvalue weighted by molar-refractivity contribution is 6.10. The van der Waals surface area contributed by atoms with Crippen molar-refractivity contribution in [2.45, 2.75) is 6.92 Å². The second-order valence-electron chi connectivity index (χ2n) is 4.64. The highest BCUT2D eigenvalue weighted by Crippen LogP contribution is 2.29. The SMILES string of the molecule is COc1ccc(NC(=O)C(C#N)=Cc2ccc(C)o2)c(OC)c1. The average Bonchev–Trinajstić information content (AvgIpc) is 2.97. The van der Waals surface area contributed by atoms with Crippen LogP contribution in [-0.4, -0.2) is 20.1 Å². The van der Waals surface area contributed by atoms with Gasteiger partial charge in [0.2, 0.25) is 0 Å². The predicted molar refractivity (Wildman–Crippen MR) is 85.2 cm³/mol. The number of ether oxygens (including phenoxy) is 2. The van der Waals surface area contributed by atoms with Crippen LogP contribution in [0, 0.1) is 18.3 Å². The maximum absolute atomic E-state index is 12.2. The highest BCUT2D eigenvalue weighted by Gasteiger charge is 2.14. The second-order valence-corrected chi connectivity index (χ2v) is 4.64. The van der Waals surface area contributed by atoms with Crippen molar-refractivity contribution in [2.75, 3.05) is 19.5 Å². The van der Waals surface area contributed by atoms with Crippen molar-refractivity contribution in [2.24, 2.45) is 0 Å². The van der Waals surface area contributed by atoms with Gasteiger partial charge in [0, 0.05) is 12.1 Å². The number of furan rings is 1. The fraction of sp³-hybridized carbons (Fsp3) is 0.176. The van der Waals surface area contributed by atoms with Gasteiger partial charge in [0.25, 0.3) is 5.91 Å². The largest absolute Gasteiger partial charge is 0.497 e. The van der Waals surface area contributed by atoms with Crippen LogP contribution in [0.3, 0.4) is 0 Å². The Morgan fingerprint density at radius 2 is 2.04 bits per heavy atom. The Balaban J connectivity index is 2.23. The summed E-state index contributed by atoms with van der Waals surface area (Å²) in [5.74, 6) is 1.62. The number of hydrogen-bond donors (Lipinski definition) is 1. The third kappa shape index (κ3) is 3.92. The second kappa shape index (κ2) is 7.18. The van der Waals surface area contributed by atoms with Crippen molar-refractivity contribution < 1.29 is 18.7 Å². The number of aryl methyl sites for hydroxylation is 1. The van der Waals surface area contributed by atoms with E-state index >= 15 is 0 Å². The molecule has 0 aliphatic heterocycles. The summed E-state index contributed by atoms with van der Waals surface area (Å²) in [5, 5.41) is 11.8. The lowest BCUT2D eigenvalue weighted by atomic mass is 10.2. The van der Waals surface area contributed by atoms with Crippen molar-refractivity contribution in [1.29, 1.82) is 5.26 Å². The molecule has 0 saturated heterocycles. The van der Waals surface area contributed by atoms with Crippen LogP contribution in [0.2, 0.25) is 0 Å². The van der Waals surface area contributed by atoms with Crippen LogP contribution >= 0.6 is 0 Å². The number of anilines is 1. The minimum absolute atomic E-state index is 0.0720. The number of amides is 1. The standard InChI is InChI=1S/C17H16N2O4/c1-11-4-5-14(23-11)8-12(10-18)17(20)19-15-7-6-13(21-2)9-16(15)22-3/h4-9H,1-3H3,(H,19,20). The molecular formula is C17H16N2O4. The molecule has 0 bridgehead atoms. The number of nitriles is 1. The first-order valence-electron chi connectivity index (χ1n) is 6.79. The number of hydrogen-bond acceptors (Lipinski definition) is 5. The van der Waals surface area contributed by atoms with Gasteiger partial charge in [0.15, 0.2) is 0 Å². The van der Waals surface area contributed by atoms with E-state index in [9.17, 15) is 10.1 Å². The Morgan fingerprint density at radius 1 is 1.26 bits per heavy atom. The zero-order valence-electron chi connectivity index (χ0n) is 13.0. The molecule has 23 heavy (non-hydrogen) atoms. The first-order valence-corrected chi connectivity index (χ1v) is 6.79. The molecule has 0 fully saturated rings. The van der Waals surface area contributed by atoms with E-state index in [-0.39, 0.29) is 5.57 Å². The summed E-state index contributed by atoms with van der Waals surface area (Å²) < 4.78 is 15.6. The van der Waals surface area contributed by atoms with Crippen molar-refractivity contribution in [3.63, 3.8) is 0 Å². The molecule has 6 heteroatoms. The molecule has 1 aromatic carbocycles. The molecule has 118 valence electrons. The van der Waals surface area contributed by atoms with Crippen LogP contribution < -0.4 is 14.8 Å². The third-order valence-electron chi connectivity index (χ3n) is 3.07. The van der Waals surface area contributed by atoms with E-state index < -0.39 is 5.91 Å². The lowest BCUT2D eigenvalue weighted by Crippen LogP contribution is -2.14. The van der Waals surface area contributed by atoms with E-state index in [2.05, 4.69) is 5.32 Å². The van der Waals surface area contributed by atoms with E-state index in [0.29, 0.717) is 28.7 Å². The smallest absolute Gasteiger partial charge is 0.266 e. The molecule has 2 aromatic rings. The minimum Gasteiger partial charge on any atom is -0.497 e. The van der Waals surface area contributed by atoms with Crippen molar-refractivity contribution in [3.8, 4) is 17.6 Å². The number of benzene rings is 1. The molecule has 0 aliphatic rings. The lowest BCUT2D eigenvalue weighted by Gasteiger charge is -2.11. The molecule has 1 amide bonds. The zero-order chi connectivity index (χ0) is 16.8. The minimum atomic E-state index is -0.551. The average molecular weight is 312 g/mol. The summed E-state index contributed by atoms with van der Waals surface area (Å²) in [7, 11) is 3.02. The van der Waals surface area contributed by atoms with Crippen LogP contribution in [0.5, 0.6) is 11.5 Å². The first kappa shape index (κ1) is 16.2. The molecule has 0 atom stereocenters. The molecule has 0 saturated carbocycles. The van der Waals surface area contributed by atoms with Crippen LogP contribution in [0.4, 0.5) is 5.69 Å². The zero-order valence-corrected chi connectivity index (χ0v) is 13.0. The first-order chi connectivity index (χ1) is 11.1. The Morgan fingerprint density at radius 3 is 2.61 bits per heavy atom. The van der Waals surface area contributed by atoms with Crippen molar-refractivity contribution >= 4 is 17.7 Å². The topological polar surface area (TPSA) is 84.5 Å². The molecule has 0 aliphatic carbocycles. The van der Waals surface area contributed by atoms with Gasteiger partial charge in [-0.05, 0) is 31.2 Å². The predicted octanol–water partition coefficient (Wildman–Crippen LogP) is 3.15. The van der Waals surface area contributed by atoms with Crippen LogP contribution in [0.1, 0.15) is 11.5 Å². The number of rotatable bonds is 5. The van der Waals surface area contributed by atoms with Gasteiger partial charge >= 0.3 is 0 Å². The van der Waals surface area contributed by atoms with Gasteiger partial charge in [-0.25, -0.2) is 0 Å². The van der Waals surface area contributed by atoms with Crippen molar-refractivity contribution in [3.05, 3.63) is 47.4 Å². The number of nitrogens with zero attached hydrogens (tertiary/aromatic N) is 1. The molecule has 0 unspecified atom stereocenters. The number of methoxy groups -OCH3 is 2. The maximum Gasteiger partial charge on any atom is 0.266 e. The summed E-state index contributed by atoms with van der Waals surface area (Å²) in [6, 6.07) is 10.3. The number of carbonyl (C=O) groups is 1. The monoisotopic (exact) mass is 312 g/mol. The van der Waals surface area contributed by atoms with E-state index in [1.807, 2.05) is 6.07 Å². The molecule has 1 aromatic heterocycles. The van der Waals surface area contributed by atoms with Gasteiger partial charge in [-0.3, -0.25) is 4.79 Å². The van der Waals surface area contributed by atoms with Gasteiger partial charge in [-0.15, -0.1) is 0 Å². The molecule has 1 N–H and O–H groups in total. The van der Waals surface area contributed by atoms with E-state index in [1.165, 1.54) is 20.3 Å². The van der Waals surface area contributed by atoms with Crippen LogP contribution in [0.25, 0.3) is 6.08 Å². The summed E-state index contributed by atoms with van der Waals surface area (Å²) in [4.78, 5) is 12.2. The summed E-state index contributed by atoms with van der Waals surface area (Å²) >= 11 is 0. The van der Waals surface area contributed by atoms with Gasteiger partial charge < -0.3 is 19.2 Å². The van der Waals surface area contributed by atoms with Gasteiger partial charge in [0.1, 0.15) is 34.7 Å². The van der Waals surface area contributed by atoms with Gasteiger partial charge in [0.05, 0.1) is 19.9 Å². The summed E-state index contributed by atoms with van der Waals surface area (Å²) in [6.45, 7) is 1.78. The normalized spacial score (nSPS) is 10.8. The molecule has 2 rings (SSSR count). The molecular weight excluding hydrogens is 296 g/mol. The Bertz CT molecular complexity index is 784. The van der Waals surface area contributed by atoms with E-state index in [4.69, 9.17) is 13.9 Å². The number of nitrogens with one attached hydrogen (secondary N) is 1. The summed E-state index contributed by atoms with van der Waals surface area (Å²) in [5.41, 5.74) is 0.368. The van der Waals surface area contributed by atoms with Gasteiger partial charge in [-0.1, -0.05) is 0 Å². The lowest BCUT2D eigenvalue weighted by molar-refractivity contribution is -0.112. The number of carbonyl (C=O) groups excluding carboxylic acids is 1. The Labute approximate surface area is 133 Å². The maximum atomic E-state index is 12.2. The van der Waals surface area contributed by atoms with E-state index in [1.54, 1.807) is 37.3 Å². The van der Waals surface area contributed by atoms with Crippen LogP contribution in [-0.2, 0) is 4.79 Å². The molecule has 0 spiro atoms. The Hall–Kier alpha value is -3.20. The Kier molecular flexibility index (Phi) is 5.05. The molecule has 1 heterocycles. The highest BCUT2D eigenvalue weighted by atomic mass is 16.5. The fourth-order valence-corrected chi connectivity index (χ4v) is 1.91. The van der Waals surface area contributed by atoms with Crippen LogP contribution in [0.15, 0.2) is 40.3 Å². The third-order valence-corrected chi connectivity index (χ3v) is 3.07. The van der Waals surface area contributed by atoms with Crippen molar-refractivity contribution in [1.82, 2.24) is 0 Å². The quantitative estimate of drug-likeness (QED) is 0.677. The fourth-order valence-electron chi connectivity index (χ4n) is 1.91. The van der Waals surface area contributed by atoms with Gasteiger partial charge in [-0.2, -0.15) is 5.26 Å². The molecule has 0 radical (unpaired) electrons. The van der Waals surface area contributed by atoms with E-state index in [0.717, 1.165) is 0 Å². The summed E-state index contributed by atoms with van der Waals surface area (Å²) in [6.07, 6.45) is 1.39.